The fourth-order valence-electron chi connectivity index (χ4n) is 3.54. The summed E-state index contributed by atoms with van der Waals surface area (Å²) in [5.74, 6) is 2.57. The van der Waals surface area contributed by atoms with Crippen molar-refractivity contribution < 1.29 is 28.3 Å². The minimum atomic E-state index is -0.156. The standard InChI is InChI=1S/C27H31N5O6/c1-17(2)21-15-26(38-32-21)28-9-8-25(33)31-18-6-5-7-19(12-18)37-27-20-13-23(35-4)24(36-11-10-34-3)14-22(20)29-16-30-27/h5-7,12-17,28H,8-11H2,1-4H3,(H,31,33). The number of nitrogens with one attached hydrogen (secondary N) is 2. The first-order valence-electron chi connectivity index (χ1n) is 12.2. The minimum Gasteiger partial charge on any atom is -0.493 e. The lowest BCUT2D eigenvalue weighted by atomic mass is 10.1. The van der Waals surface area contributed by atoms with Crippen LogP contribution in [0.4, 0.5) is 11.6 Å². The Bertz CT molecular complexity index is 1370. The van der Waals surface area contributed by atoms with E-state index in [-0.39, 0.29) is 18.2 Å². The highest BCUT2D eigenvalue weighted by atomic mass is 16.5. The van der Waals surface area contributed by atoms with E-state index in [1.807, 2.05) is 19.9 Å². The summed E-state index contributed by atoms with van der Waals surface area (Å²) in [7, 11) is 3.17. The number of benzene rings is 2. The first-order valence-corrected chi connectivity index (χ1v) is 12.2. The summed E-state index contributed by atoms with van der Waals surface area (Å²) in [6, 6.07) is 12.5. The van der Waals surface area contributed by atoms with Crippen molar-refractivity contribution >= 4 is 28.4 Å². The van der Waals surface area contributed by atoms with Gasteiger partial charge in [-0.15, -0.1) is 0 Å². The van der Waals surface area contributed by atoms with Gasteiger partial charge in [-0.2, -0.15) is 0 Å². The van der Waals surface area contributed by atoms with Crippen LogP contribution in [-0.2, 0) is 9.53 Å². The number of aromatic nitrogens is 3. The van der Waals surface area contributed by atoms with E-state index in [2.05, 4.69) is 25.8 Å². The van der Waals surface area contributed by atoms with Gasteiger partial charge in [-0.05, 0) is 24.1 Å². The lowest BCUT2D eigenvalue weighted by molar-refractivity contribution is -0.115. The lowest BCUT2D eigenvalue weighted by Gasteiger charge is -2.13. The van der Waals surface area contributed by atoms with Crippen LogP contribution in [0.2, 0.25) is 0 Å². The number of ether oxygens (including phenoxy) is 4. The summed E-state index contributed by atoms with van der Waals surface area (Å²) in [5.41, 5.74) is 2.09. The molecule has 11 nitrogen and oxygen atoms in total. The molecule has 0 fully saturated rings. The van der Waals surface area contributed by atoms with Crippen molar-refractivity contribution in [2.75, 3.05) is 44.6 Å². The molecule has 1 amide bonds. The van der Waals surface area contributed by atoms with Gasteiger partial charge in [0, 0.05) is 44.0 Å². The average molecular weight is 522 g/mol. The molecule has 38 heavy (non-hydrogen) atoms. The van der Waals surface area contributed by atoms with E-state index in [9.17, 15) is 4.79 Å². The van der Waals surface area contributed by atoms with Crippen molar-refractivity contribution in [3.8, 4) is 23.1 Å². The number of carbonyl (C=O) groups excluding carboxylic acids is 1. The Hall–Kier alpha value is -4.38. The maximum Gasteiger partial charge on any atom is 0.230 e. The fraction of sp³-hybridized carbons (Fsp3) is 0.333. The van der Waals surface area contributed by atoms with Crippen molar-refractivity contribution in [2.45, 2.75) is 26.2 Å². The van der Waals surface area contributed by atoms with Crippen molar-refractivity contribution in [1.29, 1.82) is 0 Å². The minimum absolute atomic E-state index is 0.156. The Balaban J connectivity index is 1.40. The van der Waals surface area contributed by atoms with E-state index < -0.39 is 0 Å². The number of hydrogen-bond donors (Lipinski definition) is 2. The molecular formula is C27H31N5O6. The maximum atomic E-state index is 12.5. The lowest BCUT2D eigenvalue weighted by Crippen LogP contribution is -2.16. The predicted molar refractivity (Wildman–Crippen MR) is 142 cm³/mol. The van der Waals surface area contributed by atoms with E-state index in [4.69, 9.17) is 23.5 Å². The van der Waals surface area contributed by atoms with Gasteiger partial charge < -0.3 is 34.1 Å². The van der Waals surface area contributed by atoms with Gasteiger partial charge in [-0.3, -0.25) is 4.79 Å². The average Bonchev–Trinajstić information content (AvgIpc) is 3.38. The molecule has 4 aromatic rings. The van der Waals surface area contributed by atoms with Gasteiger partial charge in [-0.1, -0.05) is 25.1 Å². The molecule has 0 spiro atoms. The summed E-state index contributed by atoms with van der Waals surface area (Å²) in [6.45, 7) is 5.30. The molecule has 0 aliphatic rings. The number of amides is 1. The van der Waals surface area contributed by atoms with Crippen molar-refractivity contribution in [2.24, 2.45) is 0 Å². The molecule has 2 aromatic carbocycles. The zero-order chi connectivity index (χ0) is 26.9. The molecule has 2 aromatic heterocycles. The second-order valence-corrected chi connectivity index (χ2v) is 8.67. The zero-order valence-electron chi connectivity index (χ0n) is 21.8. The summed E-state index contributed by atoms with van der Waals surface area (Å²) < 4.78 is 27.6. The van der Waals surface area contributed by atoms with E-state index in [1.165, 1.54) is 6.33 Å². The number of hydrogen-bond acceptors (Lipinski definition) is 10. The number of methoxy groups -OCH3 is 2. The summed E-state index contributed by atoms with van der Waals surface area (Å²) in [5, 5.41) is 10.6. The van der Waals surface area contributed by atoms with Gasteiger partial charge in [0.15, 0.2) is 11.5 Å². The Morgan fingerprint density at radius 1 is 1.05 bits per heavy atom. The molecule has 4 rings (SSSR count). The Labute approximate surface area is 220 Å². The van der Waals surface area contributed by atoms with Crippen LogP contribution >= 0.6 is 0 Å². The molecule has 0 saturated heterocycles. The molecule has 2 heterocycles. The van der Waals surface area contributed by atoms with Crippen LogP contribution in [0.25, 0.3) is 10.9 Å². The molecule has 2 N–H and O–H groups in total. The first-order chi connectivity index (χ1) is 18.5. The van der Waals surface area contributed by atoms with Gasteiger partial charge in [0.05, 0.1) is 30.3 Å². The largest absolute Gasteiger partial charge is 0.493 e. The fourth-order valence-corrected chi connectivity index (χ4v) is 3.54. The second-order valence-electron chi connectivity index (χ2n) is 8.67. The number of nitrogens with zero attached hydrogens (tertiary/aromatic N) is 3. The van der Waals surface area contributed by atoms with E-state index in [0.29, 0.717) is 65.4 Å². The highest BCUT2D eigenvalue weighted by molar-refractivity contribution is 5.91. The summed E-state index contributed by atoms with van der Waals surface area (Å²) in [4.78, 5) is 21.1. The van der Waals surface area contributed by atoms with Gasteiger partial charge in [0.1, 0.15) is 18.7 Å². The quantitative estimate of drug-likeness (QED) is 0.232. The van der Waals surface area contributed by atoms with Gasteiger partial charge in [-0.25, -0.2) is 9.97 Å². The van der Waals surface area contributed by atoms with Crippen molar-refractivity contribution in [3.05, 3.63) is 54.5 Å². The third kappa shape index (κ3) is 6.88. The van der Waals surface area contributed by atoms with Crippen LogP contribution in [0.3, 0.4) is 0 Å². The van der Waals surface area contributed by atoms with Crippen molar-refractivity contribution in [3.63, 3.8) is 0 Å². The molecule has 0 unspecified atom stereocenters. The third-order valence-corrected chi connectivity index (χ3v) is 5.53. The molecule has 0 aliphatic heterocycles. The van der Waals surface area contributed by atoms with E-state index in [1.54, 1.807) is 50.6 Å². The Morgan fingerprint density at radius 3 is 2.68 bits per heavy atom. The van der Waals surface area contributed by atoms with Crippen LogP contribution < -0.4 is 24.8 Å². The molecule has 11 heteroatoms. The molecule has 0 bridgehead atoms. The third-order valence-electron chi connectivity index (χ3n) is 5.53. The highest BCUT2D eigenvalue weighted by Gasteiger charge is 2.14. The molecule has 0 saturated carbocycles. The number of anilines is 2. The summed E-state index contributed by atoms with van der Waals surface area (Å²) >= 11 is 0. The van der Waals surface area contributed by atoms with Crippen LogP contribution in [0.15, 0.2) is 53.3 Å². The number of fused-ring (bicyclic) bond motifs is 1. The van der Waals surface area contributed by atoms with Crippen LogP contribution in [-0.4, -0.2) is 55.0 Å². The number of carbonyl (C=O) groups is 1. The maximum absolute atomic E-state index is 12.5. The zero-order valence-corrected chi connectivity index (χ0v) is 21.8. The van der Waals surface area contributed by atoms with Crippen LogP contribution in [0.1, 0.15) is 31.9 Å². The van der Waals surface area contributed by atoms with Crippen LogP contribution in [0, 0.1) is 0 Å². The highest BCUT2D eigenvalue weighted by Crippen LogP contribution is 2.36. The molecule has 200 valence electrons. The van der Waals surface area contributed by atoms with Crippen molar-refractivity contribution in [1.82, 2.24) is 15.1 Å². The van der Waals surface area contributed by atoms with E-state index in [0.717, 1.165) is 5.69 Å². The monoisotopic (exact) mass is 521 g/mol. The van der Waals surface area contributed by atoms with Crippen LogP contribution in [0.5, 0.6) is 23.1 Å². The topological polar surface area (TPSA) is 130 Å². The van der Waals surface area contributed by atoms with E-state index >= 15 is 0 Å². The second kappa shape index (κ2) is 12.7. The summed E-state index contributed by atoms with van der Waals surface area (Å²) in [6.07, 6.45) is 1.66. The Morgan fingerprint density at radius 2 is 1.92 bits per heavy atom. The molecule has 0 aliphatic carbocycles. The van der Waals surface area contributed by atoms with Gasteiger partial charge >= 0.3 is 0 Å². The molecule has 0 atom stereocenters. The SMILES string of the molecule is COCCOc1cc2ncnc(Oc3cccc(NC(=O)CCNc4cc(C(C)C)no4)c3)c2cc1OC. The predicted octanol–water partition coefficient (Wildman–Crippen LogP) is 5.01. The normalized spacial score (nSPS) is 11.0. The Kier molecular flexibility index (Phi) is 8.94. The van der Waals surface area contributed by atoms with Gasteiger partial charge in [0.2, 0.25) is 17.7 Å². The molecule has 0 radical (unpaired) electrons. The number of rotatable bonds is 13. The molecular weight excluding hydrogens is 490 g/mol. The first kappa shape index (κ1) is 26.7. The van der Waals surface area contributed by atoms with Gasteiger partial charge in [0.25, 0.3) is 0 Å². The smallest absolute Gasteiger partial charge is 0.230 e.